The van der Waals surface area contributed by atoms with Crippen LogP contribution in [0.25, 0.3) is 0 Å². The van der Waals surface area contributed by atoms with Crippen LogP contribution in [0.5, 0.6) is 0 Å². The first-order chi connectivity index (χ1) is 12.3. The van der Waals surface area contributed by atoms with Crippen molar-refractivity contribution >= 4 is 22.1 Å². The van der Waals surface area contributed by atoms with E-state index in [0.29, 0.717) is 6.54 Å². The summed E-state index contributed by atoms with van der Waals surface area (Å²) in [5, 5.41) is 8.86. The fraction of sp³-hybridized carbons (Fsp3) is 0.500. The summed E-state index contributed by atoms with van der Waals surface area (Å²) in [6, 6.07) is 9.23. The van der Waals surface area contributed by atoms with Gasteiger partial charge in [-0.3, -0.25) is 4.79 Å². The third-order valence-corrected chi connectivity index (χ3v) is 5.01. The van der Waals surface area contributed by atoms with Crippen LogP contribution in [0, 0.1) is 0 Å². The number of carboxylic acid groups (broad SMARTS) is 1. The molecular weight excluding hydrogens is 364 g/mol. The van der Waals surface area contributed by atoms with Crippen molar-refractivity contribution in [3.8, 4) is 0 Å². The zero-order valence-corrected chi connectivity index (χ0v) is 15.2. The molecule has 10 heteroatoms. The summed E-state index contributed by atoms with van der Waals surface area (Å²) in [5.74, 6) is -1.26. The number of carbonyl (C=O) groups excluding carboxylic acids is 1. The molecule has 1 aromatic carbocycles. The molecule has 0 bridgehead atoms. The van der Waals surface area contributed by atoms with Gasteiger partial charge in [0.25, 0.3) is 0 Å². The van der Waals surface area contributed by atoms with Gasteiger partial charge in [-0.2, -0.15) is 4.31 Å². The molecule has 144 valence electrons. The topological polar surface area (TPSA) is 113 Å². The number of rotatable bonds is 7. The Labute approximate surface area is 152 Å². The van der Waals surface area contributed by atoms with Crippen molar-refractivity contribution < 1.29 is 32.6 Å². The summed E-state index contributed by atoms with van der Waals surface area (Å²) in [7, 11) is -3.71. The van der Waals surface area contributed by atoms with Gasteiger partial charge in [-0.15, -0.1) is 0 Å². The molecule has 9 nitrogen and oxygen atoms in total. The highest BCUT2D eigenvalue weighted by Crippen LogP contribution is 2.12. The molecule has 1 heterocycles. The SMILES string of the molecule is CS(=O)(=O)N(CC(=O)O)CC1CN(C(=O)OCc2ccccc2)CCO1. The maximum atomic E-state index is 12.2. The Morgan fingerprint density at radius 2 is 2.04 bits per heavy atom. The average molecular weight is 386 g/mol. The Kier molecular flexibility index (Phi) is 6.95. The second kappa shape index (κ2) is 8.97. The first-order valence-electron chi connectivity index (χ1n) is 8.00. The van der Waals surface area contributed by atoms with Gasteiger partial charge < -0.3 is 19.5 Å². The van der Waals surface area contributed by atoms with Gasteiger partial charge in [-0.25, -0.2) is 13.2 Å². The second-order valence-electron chi connectivity index (χ2n) is 5.93. The van der Waals surface area contributed by atoms with Gasteiger partial charge in [0.1, 0.15) is 13.2 Å². The molecule has 1 aliphatic rings. The molecule has 1 aliphatic heterocycles. The number of benzene rings is 1. The van der Waals surface area contributed by atoms with Gasteiger partial charge >= 0.3 is 12.1 Å². The van der Waals surface area contributed by atoms with Crippen LogP contribution in [0.4, 0.5) is 4.79 Å². The highest BCUT2D eigenvalue weighted by atomic mass is 32.2. The van der Waals surface area contributed by atoms with Gasteiger partial charge in [0, 0.05) is 13.1 Å². The molecule has 0 radical (unpaired) electrons. The van der Waals surface area contributed by atoms with E-state index in [-0.39, 0.29) is 26.3 Å². The molecule has 1 N–H and O–H groups in total. The number of aliphatic carboxylic acids is 1. The summed E-state index contributed by atoms with van der Waals surface area (Å²) in [5.41, 5.74) is 0.857. The van der Waals surface area contributed by atoms with Crippen LogP contribution in [0.1, 0.15) is 5.56 Å². The Balaban J connectivity index is 1.90. The normalized spacial score (nSPS) is 17.9. The van der Waals surface area contributed by atoms with E-state index in [4.69, 9.17) is 14.6 Å². The molecule has 1 fully saturated rings. The lowest BCUT2D eigenvalue weighted by Gasteiger charge is -2.34. The van der Waals surface area contributed by atoms with Crippen LogP contribution in [0.15, 0.2) is 30.3 Å². The molecule has 0 saturated carbocycles. The zero-order chi connectivity index (χ0) is 19.2. The number of hydrogen-bond acceptors (Lipinski definition) is 6. The second-order valence-corrected chi connectivity index (χ2v) is 7.91. The van der Waals surface area contributed by atoms with Crippen molar-refractivity contribution in [1.29, 1.82) is 0 Å². The van der Waals surface area contributed by atoms with Crippen molar-refractivity contribution in [3.05, 3.63) is 35.9 Å². The van der Waals surface area contributed by atoms with Crippen molar-refractivity contribution in [1.82, 2.24) is 9.21 Å². The number of morpholine rings is 1. The maximum Gasteiger partial charge on any atom is 0.410 e. The summed E-state index contributed by atoms with van der Waals surface area (Å²) in [6.07, 6.45) is -0.210. The van der Waals surface area contributed by atoms with Crippen LogP contribution in [0.3, 0.4) is 0 Å². The standard InChI is InChI=1S/C16H22N2O7S/c1-26(22,23)18(11-15(19)20)10-14-9-17(7-8-24-14)16(21)25-12-13-5-3-2-4-6-13/h2-6,14H,7-12H2,1H3,(H,19,20). The van der Waals surface area contributed by atoms with Crippen molar-refractivity contribution in [2.24, 2.45) is 0 Å². The largest absolute Gasteiger partial charge is 0.480 e. The van der Waals surface area contributed by atoms with Crippen LogP contribution >= 0.6 is 0 Å². The van der Waals surface area contributed by atoms with E-state index >= 15 is 0 Å². The lowest BCUT2D eigenvalue weighted by molar-refractivity contribution is -0.137. The van der Waals surface area contributed by atoms with E-state index in [1.807, 2.05) is 30.3 Å². The average Bonchev–Trinajstić information content (AvgIpc) is 2.59. The molecule has 1 atom stereocenters. The summed E-state index contributed by atoms with van der Waals surface area (Å²) < 4.78 is 35.0. The lowest BCUT2D eigenvalue weighted by Crippen LogP contribution is -2.51. The fourth-order valence-corrected chi connectivity index (χ4v) is 3.28. The van der Waals surface area contributed by atoms with E-state index in [1.165, 1.54) is 4.90 Å². The minimum atomic E-state index is -3.71. The van der Waals surface area contributed by atoms with E-state index in [9.17, 15) is 18.0 Å². The van der Waals surface area contributed by atoms with Gasteiger partial charge in [-0.1, -0.05) is 30.3 Å². The zero-order valence-electron chi connectivity index (χ0n) is 14.4. The molecule has 0 aliphatic carbocycles. The monoisotopic (exact) mass is 386 g/mol. The Morgan fingerprint density at radius 1 is 1.35 bits per heavy atom. The number of carboxylic acids is 1. The third-order valence-electron chi connectivity index (χ3n) is 3.79. The summed E-state index contributed by atoms with van der Waals surface area (Å²) in [4.78, 5) is 24.5. The number of nitrogens with zero attached hydrogens (tertiary/aromatic N) is 2. The van der Waals surface area contributed by atoms with Gasteiger partial charge in [0.2, 0.25) is 10.0 Å². The van der Waals surface area contributed by atoms with Gasteiger partial charge in [0.15, 0.2) is 0 Å². The highest BCUT2D eigenvalue weighted by Gasteiger charge is 2.30. The van der Waals surface area contributed by atoms with Crippen molar-refractivity contribution in [3.63, 3.8) is 0 Å². The number of sulfonamides is 1. The molecule has 26 heavy (non-hydrogen) atoms. The molecule has 2 rings (SSSR count). The Morgan fingerprint density at radius 3 is 2.65 bits per heavy atom. The van der Waals surface area contributed by atoms with Gasteiger partial charge in [0.05, 0.1) is 25.5 Å². The summed E-state index contributed by atoms with van der Waals surface area (Å²) >= 11 is 0. The van der Waals surface area contributed by atoms with Crippen molar-refractivity contribution in [2.75, 3.05) is 39.0 Å². The molecular formula is C16H22N2O7S. The predicted octanol–water partition coefficient (Wildman–Crippen LogP) is 0.370. The first-order valence-corrected chi connectivity index (χ1v) is 9.84. The molecule has 0 spiro atoms. The third kappa shape index (κ3) is 6.28. The van der Waals surface area contributed by atoms with Crippen molar-refractivity contribution in [2.45, 2.75) is 12.7 Å². The lowest BCUT2D eigenvalue weighted by atomic mass is 10.2. The highest BCUT2D eigenvalue weighted by molar-refractivity contribution is 7.88. The molecule has 1 unspecified atom stereocenters. The number of hydrogen-bond donors (Lipinski definition) is 1. The molecule has 1 amide bonds. The molecule has 1 aromatic rings. The van der Waals surface area contributed by atoms with Crippen LogP contribution in [0.2, 0.25) is 0 Å². The fourth-order valence-electron chi connectivity index (χ4n) is 2.50. The van der Waals surface area contributed by atoms with E-state index in [2.05, 4.69) is 0 Å². The Hall–Kier alpha value is -2.17. The van der Waals surface area contributed by atoms with E-state index in [1.54, 1.807) is 0 Å². The van der Waals surface area contributed by atoms with Crippen LogP contribution in [-0.4, -0.2) is 79.9 Å². The number of carbonyl (C=O) groups is 2. The molecule has 0 aromatic heterocycles. The summed E-state index contributed by atoms with van der Waals surface area (Å²) in [6.45, 7) is -0.00209. The quantitative estimate of drug-likeness (QED) is 0.720. The molecule has 1 saturated heterocycles. The first kappa shape index (κ1) is 20.1. The minimum absolute atomic E-state index is 0.124. The van der Waals surface area contributed by atoms with Crippen LogP contribution < -0.4 is 0 Å². The van der Waals surface area contributed by atoms with Gasteiger partial charge in [-0.05, 0) is 5.56 Å². The minimum Gasteiger partial charge on any atom is -0.480 e. The number of amides is 1. The number of ether oxygens (including phenoxy) is 2. The maximum absolute atomic E-state index is 12.2. The van der Waals surface area contributed by atoms with E-state index in [0.717, 1.165) is 16.1 Å². The smallest absolute Gasteiger partial charge is 0.410 e. The Bertz CT molecular complexity index is 723. The van der Waals surface area contributed by atoms with E-state index < -0.39 is 34.7 Å². The predicted molar refractivity (Wildman–Crippen MR) is 92.0 cm³/mol. The van der Waals surface area contributed by atoms with Crippen LogP contribution in [-0.2, 0) is 30.9 Å².